The van der Waals surface area contributed by atoms with E-state index < -0.39 is 18.3 Å². The number of aliphatic hydroxyl groups is 1. The zero-order chi connectivity index (χ0) is 18.8. The van der Waals surface area contributed by atoms with E-state index in [1.54, 1.807) is 26.4 Å². The summed E-state index contributed by atoms with van der Waals surface area (Å²) in [5.41, 5.74) is 1.51. The van der Waals surface area contributed by atoms with Crippen LogP contribution in [0, 0.1) is 0 Å². The fraction of sp³-hybridized carbons (Fsp3) is 0.556. The molecule has 7 heteroatoms. The van der Waals surface area contributed by atoms with E-state index in [4.69, 9.17) is 18.8 Å². The van der Waals surface area contributed by atoms with Gasteiger partial charge in [0.2, 0.25) is 0 Å². The Labute approximate surface area is 155 Å². The number of hydrogen-bond acceptors (Lipinski definition) is 6. The van der Waals surface area contributed by atoms with Gasteiger partial charge in [-0.15, -0.1) is 0 Å². The van der Waals surface area contributed by atoms with Crippen molar-refractivity contribution in [3.05, 3.63) is 28.7 Å². The van der Waals surface area contributed by atoms with Crippen molar-refractivity contribution in [2.45, 2.75) is 45.5 Å². The molecule has 0 spiro atoms. The lowest BCUT2D eigenvalue weighted by molar-refractivity contribution is 0.00578. The van der Waals surface area contributed by atoms with Gasteiger partial charge < -0.3 is 23.9 Å². The fourth-order valence-corrected chi connectivity index (χ4v) is 2.84. The highest BCUT2D eigenvalue weighted by Gasteiger charge is 2.52. The number of thiol groups is 1. The van der Waals surface area contributed by atoms with Gasteiger partial charge in [-0.3, -0.25) is 0 Å². The summed E-state index contributed by atoms with van der Waals surface area (Å²) in [4.78, 5) is 0. The molecule has 0 radical (unpaired) electrons. The molecule has 1 aliphatic rings. The molecular weight excluding hydrogens is 339 g/mol. The van der Waals surface area contributed by atoms with Crippen LogP contribution in [-0.2, 0) is 15.9 Å². The largest absolute Gasteiger partial charge is 0.496 e. The van der Waals surface area contributed by atoms with Gasteiger partial charge in [0.05, 0.1) is 37.6 Å². The molecule has 25 heavy (non-hydrogen) atoms. The summed E-state index contributed by atoms with van der Waals surface area (Å²) in [7, 11) is 2.68. The minimum absolute atomic E-state index is 0.0899. The standard InChI is InChI=1S/C18H27BO5S/c1-17(2)18(3,4)24-19(23-17)13(11-25)9-14-15(21-5)7-12(10-20)8-16(14)22-6/h7-9,20,25H,10-11H2,1-6H3. The van der Waals surface area contributed by atoms with Crippen LogP contribution in [-0.4, -0.2) is 43.4 Å². The highest BCUT2D eigenvalue weighted by atomic mass is 32.1. The lowest BCUT2D eigenvalue weighted by Crippen LogP contribution is -2.41. The summed E-state index contributed by atoms with van der Waals surface area (Å²) in [6, 6.07) is 3.57. The average Bonchev–Trinajstić information content (AvgIpc) is 2.79. The van der Waals surface area contributed by atoms with Crippen molar-refractivity contribution < 1.29 is 23.9 Å². The smallest absolute Gasteiger partial charge is 0.491 e. The predicted octanol–water partition coefficient (Wildman–Crippen LogP) is 3.14. The molecule has 0 bridgehead atoms. The molecule has 0 amide bonds. The summed E-state index contributed by atoms with van der Waals surface area (Å²) >= 11 is 4.45. The summed E-state index contributed by atoms with van der Waals surface area (Å²) in [5, 5.41) is 9.41. The van der Waals surface area contributed by atoms with Gasteiger partial charge >= 0.3 is 7.12 Å². The van der Waals surface area contributed by atoms with Gasteiger partial charge in [0, 0.05) is 5.75 Å². The van der Waals surface area contributed by atoms with Crippen LogP contribution in [0.4, 0.5) is 0 Å². The van der Waals surface area contributed by atoms with Crippen LogP contribution in [0.25, 0.3) is 6.08 Å². The molecule has 1 heterocycles. The van der Waals surface area contributed by atoms with Crippen molar-refractivity contribution in [2.75, 3.05) is 20.0 Å². The first kappa shape index (κ1) is 20.2. The second-order valence-corrected chi connectivity index (χ2v) is 7.35. The van der Waals surface area contributed by atoms with Crippen LogP contribution in [0.3, 0.4) is 0 Å². The molecule has 0 saturated carbocycles. The van der Waals surface area contributed by atoms with Gasteiger partial charge in [-0.1, -0.05) is 6.08 Å². The Morgan fingerprint density at radius 3 is 1.96 bits per heavy atom. The predicted molar refractivity (Wildman–Crippen MR) is 103 cm³/mol. The molecule has 1 aromatic carbocycles. The Hall–Kier alpha value is -1.15. The van der Waals surface area contributed by atoms with Crippen molar-refractivity contribution in [3.8, 4) is 11.5 Å². The van der Waals surface area contributed by atoms with Gasteiger partial charge in [-0.25, -0.2) is 0 Å². The fourth-order valence-electron chi connectivity index (χ4n) is 2.59. The van der Waals surface area contributed by atoms with Crippen LogP contribution in [0.1, 0.15) is 38.8 Å². The Balaban J connectivity index is 2.47. The summed E-state index contributed by atoms with van der Waals surface area (Å²) < 4.78 is 23.2. The third-order valence-electron chi connectivity index (χ3n) is 4.85. The number of aliphatic hydroxyl groups excluding tert-OH is 1. The number of ether oxygens (including phenoxy) is 2. The van der Waals surface area contributed by atoms with E-state index in [9.17, 15) is 5.11 Å². The van der Waals surface area contributed by atoms with E-state index in [2.05, 4.69) is 12.6 Å². The van der Waals surface area contributed by atoms with Gasteiger partial charge in [-0.2, -0.15) is 12.6 Å². The van der Waals surface area contributed by atoms with Gasteiger partial charge in [0.25, 0.3) is 0 Å². The average molecular weight is 366 g/mol. The van der Waals surface area contributed by atoms with Gasteiger partial charge in [0.1, 0.15) is 11.5 Å². The molecule has 1 aliphatic heterocycles. The molecule has 0 aromatic heterocycles. The minimum Gasteiger partial charge on any atom is -0.496 e. The number of benzene rings is 1. The van der Waals surface area contributed by atoms with Crippen LogP contribution >= 0.6 is 12.6 Å². The number of hydrogen-bond donors (Lipinski definition) is 2. The van der Waals surface area contributed by atoms with Crippen molar-refractivity contribution >= 4 is 25.8 Å². The molecule has 138 valence electrons. The van der Waals surface area contributed by atoms with E-state index in [1.807, 2.05) is 33.8 Å². The van der Waals surface area contributed by atoms with Crippen molar-refractivity contribution in [1.82, 2.24) is 0 Å². The van der Waals surface area contributed by atoms with E-state index in [-0.39, 0.29) is 6.61 Å². The van der Waals surface area contributed by atoms with Crippen LogP contribution in [0.15, 0.2) is 17.6 Å². The Bertz CT molecular complexity index is 616. The molecule has 1 saturated heterocycles. The topological polar surface area (TPSA) is 57.2 Å². The SMILES string of the molecule is COc1cc(CO)cc(OC)c1C=C(CS)B1OC(C)(C)C(C)(C)O1. The molecular formula is C18H27BO5S. The second-order valence-electron chi connectivity index (χ2n) is 7.04. The number of rotatable bonds is 6. The van der Waals surface area contributed by atoms with E-state index in [1.165, 1.54) is 0 Å². The molecule has 2 rings (SSSR count). The normalized spacial score (nSPS) is 19.2. The van der Waals surface area contributed by atoms with Crippen molar-refractivity contribution in [1.29, 1.82) is 0 Å². The first-order chi connectivity index (χ1) is 11.7. The van der Waals surface area contributed by atoms with Crippen LogP contribution in [0.2, 0.25) is 0 Å². The Morgan fingerprint density at radius 1 is 1.12 bits per heavy atom. The van der Waals surface area contributed by atoms with Crippen molar-refractivity contribution in [3.63, 3.8) is 0 Å². The van der Waals surface area contributed by atoms with Crippen molar-refractivity contribution in [2.24, 2.45) is 0 Å². The molecule has 0 atom stereocenters. The lowest BCUT2D eigenvalue weighted by atomic mass is 9.78. The summed E-state index contributed by atoms with van der Waals surface area (Å²) in [5.74, 6) is 1.68. The second kappa shape index (κ2) is 7.62. The third-order valence-corrected chi connectivity index (χ3v) is 5.22. The maximum atomic E-state index is 9.41. The molecule has 5 nitrogen and oxygen atoms in total. The number of methoxy groups -OCH3 is 2. The third kappa shape index (κ3) is 4.00. The van der Waals surface area contributed by atoms with Crippen LogP contribution in [0.5, 0.6) is 11.5 Å². The lowest BCUT2D eigenvalue weighted by Gasteiger charge is -2.32. The molecule has 1 fully saturated rings. The van der Waals surface area contributed by atoms with E-state index in [0.29, 0.717) is 22.8 Å². The first-order valence-electron chi connectivity index (χ1n) is 8.21. The zero-order valence-electron chi connectivity index (χ0n) is 15.8. The van der Waals surface area contributed by atoms with E-state index >= 15 is 0 Å². The maximum Gasteiger partial charge on any atom is 0.491 e. The highest BCUT2D eigenvalue weighted by molar-refractivity contribution is 7.80. The first-order valence-corrected chi connectivity index (χ1v) is 8.85. The maximum absolute atomic E-state index is 9.41. The van der Waals surface area contributed by atoms with E-state index in [0.717, 1.165) is 11.0 Å². The molecule has 1 N–H and O–H groups in total. The monoisotopic (exact) mass is 366 g/mol. The molecule has 0 unspecified atom stereocenters. The zero-order valence-corrected chi connectivity index (χ0v) is 16.6. The van der Waals surface area contributed by atoms with Gasteiger partial charge in [-0.05, 0) is 50.9 Å². The van der Waals surface area contributed by atoms with Crippen LogP contribution < -0.4 is 9.47 Å². The quantitative estimate of drug-likeness (QED) is 0.598. The summed E-state index contributed by atoms with van der Waals surface area (Å²) in [6.45, 7) is 7.97. The molecule has 1 aromatic rings. The highest BCUT2D eigenvalue weighted by Crippen LogP contribution is 2.40. The minimum atomic E-state index is -0.491. The molecule has 0 aliphatic carbocycles. The summed E-state index contributed by atoms with van der Waals surface area (Å²) in [6.07, 6.45) is 1.92. The Kier molecular flexibility index (Phi) is 6.15. The Morgan fingerprint density at radius 2 is 1.60 bits per heavy atom. The van der Waals surface area contributed by atoms with Gasteiger partial charge in [0.15, 0.2) is 0 Å².